The highest BCUT2D eigenvalue weighted by molar-refractivity contribution is 6.29. The Bertz CT molecular complexity index is 277. The number of nitrogens with zero attached hydrogens (tertiary/aromatic N) is 1. The first kappa shape index (κ1) is 8.02. The van der Waals surface area contributed by atoms with E-state index in [9.17, 15) is 0 Å². The molecule has 1 aromatic rings. The lowest BCUT2D eigenvalue weighted by molar-refractivity contribution is 0.253. The van der Waals surface area contributed by atoms with Gasteiger partial charge in [-0.15, -0.1) is 0 Å². The summed E-state index contributed by atoms with van der Waals surface area (Å²) in [6.07, 6.45) is 5.13. The molecule has 0 saturated heterocycles. The molecule has 2 nitrogen and oxygen atoms in total. The van der Waals surface area contributed by atoms with Gasteiger partial charge in [-0.25, -0.2) is 4.98 Å². The fourth-order valence-corrected chi connectivity index (χ4v) is 1.63. The van der Waals surface area contributed by atoms with E-state index in [4.69, 9.17) is 17.3 Å². The van der Waals surface area contributed by atoms with Crippen molar-refractivity contribution in [2.75, 3.05) is 0 Å². The Kier molecular flexibility index (Phi) is 1.81. The molecule has 2 rings (SSSR count). The van der Waals surface area contributed by atoms with Crippen LogP contribution in [0.4, 0.5) is 0 Å². The first-order valence-corrected chi connectivity index (χ1v) is 4.49. The summed E-state index contributed by atoms with van der Waals surface area (Å²) in [5.41, 5.74) is 7.09. The smallest absolute Gasteiger partial charge is 0.129 e. The van der Waals surface area contributed by atoms with Crippen molar-refractivity contribution in [3.63, 3.8) is 0 Å². The van der Waals surface area contributed by atoms with Crippen molar-refractivity contribution in [1.82, 2.24) is 4.98 Å². The number of aromatic nitrogens is 1. The summed E-state index contributed by atoms with van der Waals surface area (Å²) >= 11 is 5.67. The minimum atomic E-state index is -0.114. The molecule has 64 valence electrons. The molecule has 1 heterocycles. The summed E-state index contributed by atoms with van der Waals surface area (Å²) in [5, 5.41) is 0.529. The number of halogens is 1. The van der Waals surface area contributed by atoms with E-state index in [1.165, 1.54) is 6.42 Å². The normalized spacial score (nSPS) is 20.2. The van der Waals surface area contributed by atoms with Crippen LogP contribution in [0.3, 0.4) is 0 Å². The van der Waals surface area contributed by atoms with Gasteiger partial charge in [-0.3, -0.25) is 0 Å². The molecule has 0 amide bonds. The summed E-state index contributed by atoms with van der Waals surface area (Å²) in [6.45, 7) is 0. The van der Waals surface area contributed by atoms with Crippen LogP contribution in [-0.2, 0) is 5.54 Å². The van der Waals surface area contributed by atoms with Crippen LogP contribution >= 0.6 is 11.6 Å². The van der Waals surface area contributed by atoms with Crippen LogP contribution in [-0.4, -0.2) is 4.98 Å². The maximum Gasteiger partial charge on any atom is 0.129 e. The third-order valence-electron chi connectivity index (χ3n) is 2.55. The average Bonchev–Trinajstić information content (AvgIpc) is 2.02. The Morgan fingerprint density at radius 2 is 2.17 bits per heavy atom. The molecule has 0 atom stereocenters. The number of pyridine rings is 1. The fourth-order valence-electron chi connectivity index (χ4n) is 1.52. The average molecular weight is 183 g/mol. The topological polar surface area (TPSA) is 38.9 Å². The van der Waals surface area contributed by atoms with Gasteiger partial charge in [-0.1, -0.05) is 17.7 Å². The quantitative estimate of drug-likeness (QED) is 0.676. The zero-order chi connectivity index (χ0) is 8.60. The summed E-state index contributed by atoms with van der Waals surface area (Å²) in [4.78, 5) is 4.01. The standard InChI is InChI=1S/C9H11ClN2/c10-8-3-2-7(6-12-8)9(11)4-1-5-9/h2-3,6H,1,4-5,11H2. The van der Waals surface area contributed by atoms with Gasteiger partial charge in [0.1, 0.15) is 5.15 Å². The van der Waals surface area contributed by atoms with Crippen LogP contribution in [0.25, 0.3) is 0 Å². The van der Waals surface area contributed by atoms with Gasteiger partial charge in [0.25, 0.3) is 0 Å². The molecule has 3 heteroatoms. The van der Waals surface area contributed by atoms with Crippen LogP contribution in [0, 0.1) is 0 Å². The molecule has 0 spiro atoms. The minimum Gasteiger partial charge on any atom is -0.321 e. The third-order valence-corrected chi connectivity index (χ3v) is 2.77. The molecule has 1 aliphatic rings. The molecular weight excluding hydrogens is 172 g/mol. The maximum absolute atomic E-state index is 6.09. The van der Waals surface area contributed by atoms with Gasteiger partial charge in [0, 0.05) is 11.7 Å². The molecule has 0 aliphatic heterocycles. The number of nitrogens with two attached hydrogens (primary N) is 1. The summed E-state index contributed by atoms with van der Waals surface area (Å²) in [6, 6.07) is 3.76. The molecular formula is C9H11ClN2. The predicted octanol–water partition coefficient (Wildman–Crippen LogP) is 2.07. The van der Waals surface area contributed by atoms with Gasteiger partial charge >= 0.3 is 0 Å². The summed E-state index contributed by atoms with van der Waals surface area (Å²) in [5.74, 6) is 0. The van der Waals surface area contributed by atoms with Crippen LogP contribution in [0.2, 0.25) is 5.15 Å². The Morgan fingerprint density at radius 1 is 1.42 bits per heavy atom. The van der Waals surface area contributed by atoms with Crippen molar-refractivity contribution >= 4 is 11.6 Å². The van der Waals surface area contributed by atoms with E-state index >= 15 is 0 Å². The molecule has 1 aromatic heterocycles. The van der Waals surface area contributed by atoms with E-state index in [1.54, 1.807) is 12.3 Å². The number of hydrogen-bond donors (Lipinski definition) is 1. The van der Waals surface area contributed by atoms with E-state index < -0.39 is 0 Å². The van der Waals surface area contributed by atoms with Gasteiger partial charge in [-0.05, 0) is 30.9 Å². The van der Waals surface area contributed by atoms with Gasteiger partial charge in [-0.2, -0.15) is 0 Å². The lowest BCUT2D eigenvalue weighted by Crippen LogP contribution is -2.43. The highest BCUT2D eigenvalue weighted by atomic mass is 35.5. The van der Waals surface area contributed by atoms with Gasteiger partial charge in [0.05, 0.1) is 0 Å². The zero-order valence-corrected chi connectivity index (χ0v) is 7.51. The zero-order valence-electron chi connectivity index (χ0n) is 6.76. The van der Waals surface area contributed by atoms with E-state index in [2.05, 4.69) is 4.98 Å². The van der Waals surface area contributed by atoms with Crippen molar-refractivity contribution in [3.8, 4) is 0 Å². The van der Waals surface area contributed by atoms with Crippen molar-refractivity contribution < 1.29 is 0 Å². The highest BCUT2D eigenvalue weighted by Crippen LogP contribution is 2.38. The van der Waals surface area contributed by atoms with Gasteiger partial charge in [0.15, 0.2) is 0 Å². The lowest BCUT2D eigenvalue weighted by atomic mass is 9.73. The highest BCUT2D eigenvalue weighted by Gasteiger charge is 2.34. The van der Waals surface area contributed by atoms with Crippen molar-refractivity contribution in [1.29, 1.82) is 0 Å². The molecule has 0 aromatic carbocycles. The fraction of sp³-hybridized carbons (Fsp3) is 0.444. The monoisotopic (exact) mass is 182 g/mol. The van der Waals surface area contributed by atoms with Crippen LogP contribution < -0.4 is 5.73 Å². The summed E-state index contributed by atoms with van der Waals surface area (Å²) in [7, 11) is 0. The summed E-state index contributed by atoms with van der Waals surface area (Å²) < 4.78 is 0. The number of hydrogen-bond acceptors (Lipinski definition) is 2. The second kappa shape index (κ2) is 2.71. The number of rotatable bonds is 1. The maximum atomic E-state index is 6.09. The van der Waals surface area contributed by atoms with Crippen molar-refractivity contribution in [2.45, 2.75) is 24.8 Å². The molecule has 0 radical (unpaired) electrons. The van der Waals surface area contributed by atoms with E-state index in [1.807, 2.05) is 6.07 Å². The Balaban J connectivity index is 2.28. The first-order valence-electron chi connectivity index (χ1n) is 4.12. The second-order valence-electron chi connectivity index (χ2n) is 3.38. The molecule has 1 aliphatic carbocycles. The molecule has 0 bridgehead atoms. The van der Waals surface area contributed by atoms with Gasteiger partial charge < -0.3 is 5.73 Å². The van der Waals surface area contributed by atoms with Crippen LogP contribution in [0.1, 0.15) is 24.8 Å². The largest absolute Gasteiger partial charge is 0.321 e. The molecule has 1 fully saturated rings. The molecule has 0 unspecified atom stereocenters. The van der Waals surface area contributed by atoms with Crippen LogP contribution in [0.15, 0.2) is 18.3 Å². The molecule has 1 saturated carbocycles. The van der Waals surface area contributed by atoms with E-state index in [0.717, 1.165) is 18.4 Å². The SMILES string of the molecule is NC1(c2ccc(Cl)nc2)CCC1. The predicted molar refractivity (Wildman–Crippen MR) is 49.0 cm³/mol. The van der Waals surface area contributed by atoms with Crippen molar-refractivity contribution in [2.24, 2.45) is 5.73 Å². The minimum absolute atomic E-state index is 0.114. The lowest BCUT2D eigenvalue weighted by Gasteiger charge is -2.38. The van der Waals surface area contributed by atoms with E-state index in [0.29, 0.717) is 5.15 Å². The van der Waals surface area contributed by atoms with Crippen LogP contribution in [0.5, 0.6) is 0 Å². The second-order valence-corrected chi connectivity index (χ2v) is 3.77. The van der Waals surface area contributed by atoms with E-state index in [-0.39, 0.29) is 5.54 Å². The van der Waals surface area contributed by atoms with Gasteiger partial charge in [0.2, 0.25) is 0 Å². The third kappa shape index (κ3) is 1.21. The Hall–Kier alpha value is -0.600. The Labute approximate surface area is 76.7 Å². The molecule has 2 N–H and O–H groups in total. The molecule has 12 heavy (non-hydrogen) atoms. The van der Waals surface area contributed by atoms with Crippen molar-refractivity contribution in [3.05, 3.63) is 29.0 Å². The first-order chi connectivity index (χ1) is 5.71. The Morgan fingerprint density at radius 3 is 2.58 bits per heavy atom.